The highest BCUT2D eigenvalue weighted by Crippen LogP contribution is 2.47. The Morgan fingerprint density at radius 1 is 1.36 bits per heavy atom. The normalized spacial score (nSPS) is 23.4. The number of nitriles is 1. The fourth-order valence-electron chi connectivity index (χ4n) is 4.13. The molecule has 3 atom stereocenters. The summed E-state index contributed by atoms with van der Waals surface area (Å²) in [5, 5.41) is 20.1. The minimum atomic E-state index is -1.07. The molecule has 2 aliphatic rings. The van der Waals surface area contributed by atoms with E-state index >= 15 is 0 Å². The average molecular weight is 378 g/mol. The molecule has 2 amide bonds. The molecule has 1 aliphatic carbocycles. The standard InChI is InChI=1S/C21H22N4O3/c1-21(2,28)12-3-4-17-15(7-12)16(20(23)27)8-13(24-17)9-19(26)25-14(10-22)5-11-6-18(11)25/h3-4,7-8,11,14,18,28H,5-6,9H2,1-2H3,(H2,23,27)/t11-,14+,18+/m1/s1. The molecule has 1 saturated heterocycles. The number of carbonyl (C=O) groups excluding carboxylic acids is 2. The van der Waals surface area contributed by atoms with Crippen molar-refractivity contribution in [2.45, 2.75) is 50.8 Å². The summed E-state index contributed by atoms with van der Waals surface area (Å²) in [6.07, 6.45) is 1.72. The van der Waals surface area contributed by atoms with Crippen molar-refractivity contribution in [1.29, 1.82) is 5.26 Å². The maximum absolute atomic E-state index is 12.8. The van der Waals surface area contributed by atoms with Crippen LogP contribution in [-0.4, -0.2) is 38.9 Å². The highest BCUT2D eigenvalue weighted by atomic mass is 16.3. The summed E-state index contributed by atoms with van der Waals surface area (Å²) in [7, 11) is 0. The van der Waals surface area contributed by atoms with E-state index in [0.29, 0.717) is 28.1 Å². The number of hydrogen-bond donors (Lipinski definition) is 2. The van der Waals surface area contributed by atoms with Crippen molar-refractivity contribution >= 4 is 22.7 Å². The van der Waals surface area contributed by atoms with Gasteiger partial charge in [0.25, 0.3) is 0 Å². The minimum Gasteiger partial charge on any atom is -0.386 e. The van der Waals surface area contributed by atoms with Gasteiger partial charge in [-0.15, -0.1) is 0 Å². The van der Waals surface area contributed by atoms with Crippen LogP contribution in [0, 0.1) is 17.2 Å². The van der Waals surface area contributed by atoms with Gasteiger partial charge < -0.3 is 15.7 Å². The van der Waals surface area contributed by atoms with Gasteiger partial charge in [-0.05, 0) is 56.4 Å². The van der Waals surface area contributed by atoms with Crippen molar-refractivity contribution < 1.29 is 14.7 Å². The first-order valence-corrected chi connectivity index (χ1v) is 9.36. The van der Waals surface area contributed by atoms with E-state index in [0.717, 1.165) is 12.8 Å². The molecule has 7 heteroatoms. The zero-order valence-corrected chi connectivity index (χ0v) is 15.8. The zero-order valence-electron chi connectivity index (χ0n) is 15.8. The topological polar surface area (TPSA) is 120 Å². The monoisotopic (exact) mass is 378 g/mol. The van der Waals surface area contributed by atoms with Crippen molar-refractivity contribution in [2.24, 2.45) is 11.7 Å². The minimum absolute atomic E-state index is 0.0187. The first-order valence-electron chi connectivity index (χ1n) is 9.36. The number of hydrogen-bond acceptors (Lipinski definition) is 5. The maximum Gasteiger partial charge on any atom is 0.249 e. The Bertz CT molecular complexity index is 1030. The van der Waals surface area contributed by atoms with Gasteiger partial charge in [0, 0.05) is 11.4 Å². The first-order chi connectivity index (χ1) is 13.2. The number of rotatable bonds is 4. The number of likely N-dealkylation sites (tertiary alicyclic amines) is 1. The number of carbonyl (C=O) groups is 2. The van der Waals surface area contributed by atoms with E-state index in [4.69, 9.17) is 5.73 Å². The summed E-state index contributed by atoms with van der Waals surface area (Å²) in [6, 6.07) is 8.71. The SMILES string of the molecule is CC(C)(O)c1ccc2nc(CC(=O)N3[C@H](C#N)C[C@@H]4C[C@@H]43)cc(C(N)=O)c2c1. The van der Waals surface area contributed by atoms with Crippen molar-refractivity contribution in [3.8, 4) is 6.07 Å². The quantitative estimate of drug-likeness (QED) is 0.837. The van der Waals surface area contributed by atoms with Gasteiger partial charge in [-0.3, -0.25) is 14.6 Å². The van der Waals surface area contributed by atoms with Crippen molar-refractivity contribution in [2.75, 3.05) is 0 Å². The smallest absolute Gasteiger partial charge is 0.249 e. The highest BCUT2D eigenvalue weighted by Gasteiger charge is 2.53. The Hall–Kier alpha value is -2.98. The van der Waals surface area contributed by atoms with Gasteiger partial charge in [0.15, 0.2) is 0 Å². The van der Waals surface area contributed by atoms with Gasteiger partial charge in [-0.2, -0.15) is 5.26 Å². The fourth-order valence-corrected chi connectivity index (χ4v) is 4.13. The molecule has 2 heterocycles. The summed E-state index contributed by atoms with van der Waals surface area (Å²) in [5.41, 5.74) is 6.39. The summed E-state index contributed by atoms with van der Waals surface area (Å²) < 4.78 is 0. The predicted octanol–water partition coefficient (Wildman–Crippen LogP) is 1.62. The van der Waals surface area contributed by atoms with Crippen LogP contribution in [0.15, 0.2) is 24.3 Å². The fraction of sp³-hybridized carbons (Fsp3) is 0.429. The largest absolute Gasteiger partial charge is 0.386 e. The summed E-state index contributed by atoms with van der Waals surface area (Å²) >= 11 is 0. The third-order valence-corrected chi connectivity index (χ3v) is 5.71. The molecule has 0 bridgehead atoms. The Morgan fingerprint density at radius 3 is 2.75 bits per heavy atom. The van der Waals surface area contributed by atoms with E-state index < -0.39 is 11.5 Å². The average Bonchev–Trinajstić information content (AvgIpc) is 3.29. The molecule has 0 unspecified atom stereocenters. The molecule has 0 radical (unpaired) electrons. The molecule has 28 heavy (non-hydrogen) atoms. The van der Waals surface area contributed by atoms with Gasteiger partial charge in [0.2, 0.25) is 11.8 Å². The zero-order chi connectivity index (χ0) is 20.2. The molecule has 4 rings (SSSR count). The number of aromatic nitrogens is 1. The second-order valence-corrected chi connectivity index (χ2v) is 8.24. The number of benzene rings is 1. The summed E-state index contributed by atoms with van der Waals surface area (Å²) in [5.74, 6) is -0.321. The van der Waals surface area contributed by atoms with E-state index in [9.17, 15) is 20.0 Å². The van der Waals surface area contributed by atoms with Crippen LogP contribution in [0.5, 0.6) is 0 Å². The van der Waals surface area contributed by atoms with Crippen LogP contribution in [0.25, 0.3) is 10.9 Å². The number of nitrogens with two attached hydrogens (primary N) is 1. The van der Waals surface area contributed by atoms with Gasteiger partial charge in [-0.25, -0.2) is 0 Å². The lowest BCUT2D eigenvalue weighted by molar-refractivity contribution is -0.131. The maximum atomic E-state index is 12.8. The van der Waals surface area contributed by atoms with Gasteiger partial charge >= 0.3 is 0 Å². The van der Waals surface area contributed by atoms with E-state index in [2.05, 4.69) is 11.1 Å². The molecule has 1 aromatic carbocycles. The lowest BCUT2D eigenvalue weighted by Crippen LogP contribution is -2.38. The third-order valence-electron chi connectivity index (χ3n) is 5.71. The van der Waals surface area contributed by atoms with E-state index in [1.807, 2.05) is 0 Å². The van der Waals surface area contributed by atoms with Gasteiger partial charge in [0.1, 0.15) is 6.04 Å². The van der Waals surface area contributed by atoms with E-state index in [-0.39, 0.29) is 30.0 Å². The molecule has 7 nitrogen and oxygen atoms in total. The van der Waals surface area contributed by atoms with Crippen molar-refractivity contribution in [3.05, 3.63) is 41.1 Å². The number of nitrogens with zero attached hydrogens (tertiary/aromatic N) is 3. The Balaban J connectivity index is 1.69. The number of fused-ring (bicyclic) bond motifs is 2. The number of primary amides is 1. The van der Waals surface area contributed by atoms with Crippen LogP contribution >= 0.6 is 0 Å². The Morgan fingerprint density at radius 2 is 2.11 bits per heavy atom. The van der Waals surface area contributed by atoms with Crippen LogP contribution in [0.1, 0.15) is 48.3 Å². The predicted molar refractivity (Wildman–Crippen MR) is 102 cm³/mol. The van der Waals surface area contributed by atoms with Crippen molar-refractivity contribution in [1.82, 2.24) is 9.88 Å². The van der Waals surface area contributed by atoms with Crippen LogP contribution in [0.4, 0.5) is 0 Å². The van der Waals surface area contributed by atoms with Crippen LogP contribution in [-0.2, 0) is 16.8 Å². The van der Waals surface area contributed by atoms with Crippen LogP contribution in [0.2, 0.25) is 0 Å². The lowest BCUT2D eigenvalue weighted by Gasteiger charge is -2.22. The van der Waals surface area contributed by atoms with Crippen LogP contribution < -0.4 is 5.73 Å². The number of amides is 2. The molecule has 2 fully saturated rings. The number of piperidine rings is 1. The van der Waals surface area contributed by atoms with E-state index in [1.165, 1.54) is 0 Å². The summed E-state index contributed by atoms with van der Waals surface area (Å²) in [4.78, 5) is 31.0. The molecule has 1 saturated carbocycles. The van der Waals surface area contributed by atoms with Crippen LogP contribution in [0.3, 0.4) is 0 Å². The lowest BCUT2D eigenvalue weighted by atomic mass is 9.95. The Kier molecular flexibility index (Phi) is 4.12. The third kappa shape index (κ3) is 3.10. The Labute approximate surface area is 162 Å². The molecular formula is C21H22N4O3. The first kappa shape index (κ1) is 18.4. The molecule has 2 aromatic rings. The number of aliphatic hydroxyl groups is 1. The highest BCUT2D eigenvalue weighted by molar-refractivity contribution is 6.05. The number of pyridine rings is 1. The molecular weight excluding hydrogens is 356 g/mol. The molecule has 0 spiro atoms. The van der Waals surface area contributed by atoms with E-state index in [1.54, 1.807) is 43.0 Å². The van der Waals surface area contributed by atoms with Gasteiger partial charge in [0.05, 0.1) is 34.9 Å². The van der Waals surface area contributed by atoms with Gasteiger partial charge in [-0.1, -0.05) is 6.07 Å². The molecule has 1 aromatic heterocycles. The second kappa shape index (κ2) is 6.28. The molecule has 144 valence electrons. The second-order valence-electron chi connectivity index (χ2n) is 8.24. The summed E-state index contributed by atoms with van der Waals surface area (Å²) in [6.45, 7) is 3.32. The molecule has 1 aliphatic heterocycles. The molecule has 3 N–H and O–H groups in total. The van der Waals surface area contributed by atoms with Crippen molar-refractivity contribution in [3.63, 3.8) is 0 Å².